The molecule has 3 rings (SSSR count). The minimum atomic E-state index is -0.116. The molecule has 1 aliphatic heterocycles. The molecule has 0 spiro atoms. The highest BCUT2D eigenvalue weighted by Crippen LogP contribution is 2.37. The maximum atomic E-state index is 5.91. The smallest absolute Gasteiger partial charge is 0.160 e. The second-order valence-electron chi connectivity index (χ2n) is 5.74. The zero-order valence-electron chi connectivity index (χ0n) is 14.0. The Balaban J connectivity index is 2.14. The van der Waals surface area contributed by atoms with Crippen LogP contribution >= 0.6 is 0 Å². The molecule has 0 saturated carbocycles. The van der Waals surface area contributed by atoms with Gasteiger partial charge in [0.2, 0.25) is 0 Å². The molecule has 2 aromatic rings. The lowest BCUT2D eigenvalue weighted by molar-refractivity contribution is 0.150. The summed E-state index contributed by atoms with van der Waals surface area (Å²) in [6.07, 6.45) is 3.11. The third-order valence-electron chi connectivity index (χ3n) is 4.42. The standard InChI is InChI=1S/C21H23NO/c1-4-17-15-22(19-13-9-6-10-14-19)21(23-3)20(16(17)2)18-11-7-5-8-12-18/h5-15,21H,4H2,1-3H3. The van der Waals surface area contributed by atoms with Gasteiger partial charge in [0.05, 0.1) is 0 Å². The number of ether oxygens (including phenoxy) is 1. The Labute approximate surface area is 138 Å². The van der Waals surface area contributed by atoms with E-state index >= 15 is 0 Å². The van der Waals surface area contributed by atoms with Gasteiger partial charge in [-0.3, -0.25) is 0 Å². The number of nitrogens with zero attached hydrogens (tertiary/aromatic N) is 1. The molecule has 0 saturated heterocycles. The number of para-hydroxylation sites is 1. The van der Waals surface area contributed by atoms with Crippen LogP contribution in [-0.2, 0) is 4.74 Å². The molecule has 0 bridgehead atoms. The van der Waals surface area contributed by atoms with E-state index in [0.29, 0.717) is 0 Å². The average Bonchev–Trinajstić information content (AvgIpc) is 2.62. The molecule has 2 aromatic carbocycles. The summed E-state index contributed by atoms with van der Waals surface area (Å²) in [7, 11) is 1.78. The Bertz CT molecular complexity index is 716. The van der Waals surface area contributed by atoms with Crippen LogP contribution in [0.25, 0.3) is 5.57 Å². The normalized spacial score (nSPS) is 18.1. The number of rotatable bonds is 4. The first-order valence-corrected chi connectivity index (χ1v) is 8.09. The van der Waals surface area contributed by atoms with E-state index in [1.807, 2.05) is 6.07 Å². The molecule has 0 radical (unpaired) electrons. The third-order valence-corrected chi connectivity index (χ3v) is 4.42. The van der Waals surface area contributed by atoms with Crippen molar-refractivity contribution in [3.8, 4) is 0 Å². The van der Waals surface area contributed by atoms with Crippen LogP contribution in [-0.4, -0.2) is 13.3 Å². The lowest BCUT2D eigenvalue weighted by Gasteiger charge is -2.37. The number of hydrogen-bond acceptors (Lipinski definition) is 2. The number of anilines is 1. The van der Waals surface area contributed by atoms with Crippen LogP contribution in [0.2, 0.25) is 0 Å². The summed E-state index contributed by atoms with van der Waals surface area (Å²) in [5, 5.41) is 0. The van der Waals surface area contributed by atoms with Crippen LogP contribution in [0.15, 0.2) is 78.0 Å². The van der Waals surface area contributed by atoms with Crippen molar-refractivity contribution >= 4 is 11.3 Å². The van der Waals surface area contributed by atoms with Crippen molar-refractivity contribution in [2.75, 3.05) is 12.0 Å². The molecular weight excluding hydrogens is 282 g/mol. The second kappa shape index (κ2) is 6.84. The first-order chi connectivity index (χ1) is 11.3. The molecule has 1 heterocycles. The molecule has 0 amide bonds. The van der Waals surface area contributed by atoms with Gasteiger partial charge in [-0.25, -0.2) is 0 Å². The quantitative estimate of drug-likeness (QED) is 0.765. The van der Waals surface area contributed by atoms with Crippen LogP contribution < -0.4 is 4.90 Å². The number of allylic oxidation sites excluding steroid dienone is 2. The van der Waals surface area contributed by atoms with E-state index in [4.69, 9.17) is 4.74 Å². The number of benzene rings is 2. The molecule has 1 atom stereocenters. The van der Waals surface area contributed by atoms with E-state index in [0.717, 1.165) is 12.1 Å². The van der Waals surface area contributed by atoms with E-state index in [2.05, 4.69) is 79.5 Å². The molecule has 118 valence electrons. The summed E-state index contributed by atoms with van der Waals surface area (Å²) in [5.41, 5.74) is 6.28. The first kappa shape index (κ1) is 15.6. The van der Waals surface area contributed by atoms with Gasteiger partial charge in [0.25, 0.3) is 0 Å². The van der Waals surface area contributed by atoms with Gasteiger partial charge in [-0.2, -0.15) is 0 Å². The Morgan fingerprint density at radius 3 is 2.13 bits per heavy atom. The van der Waals surface area contributed by atoms with Gasteiger partial charge in [-0.15, -0.1) is 0 Å². The van der Waals surface area contributed by atoms with Crippen molar-refractivity contribution in [1.82, 2.24) is 0 Å². The predicted octanol–water partition coefficient (Wildman–Crippen LogP) is 5.25. The van der Waals surface area contributed by atoms with E-state index in [-0.39, 0.29) is 6.23 Å². The van der Waals surface area contributed by atoms with Crippen molar-refractivity contribution in [1.29, 1.82) is 0 Å². The van der Waals surface area contributed by atoms with Crippen LogP contribution in [0.1, 0.15) is 25.8 Å². The summed E-state index contributed by atoms with van der Waals surface area (Å²) < 4.78 is 5.91. The fourth-order valence-electron chi connectivity index (χ4n) is 3.20. The van der Waals surface area contributed by atoms with Crippen LogP contribution in [0.3, 0.4) is 0 Å². The molecule has 0 aromatic heterocycles. The van der Waals surface area contributed by atoms with E-state index in [9.17, 15) is 0 Å². The molecule has 0 fully saturated rings. The maximum Gasteiger partial charge on any atom is 0.160 e. The van der Waals surface area contributed by atoms with Crippen LogP contribution in [0, 0.1) is 0 Å². The van der Waals surface area contributed by atoms with E-state index in [1.165, 1.54) is 22.3 Å². The SMILES string of the molecule is CCC1=CN(c2ccccc2)C(OC)C(c2ccccc2)=C1C. The molecule has 0 N–H and O–H groups in total. The summed E-state index contributed by atoms with van der Waals surface area (Å²) >= 11 is 0. The lowest BCUT2D eigenvalue weighted by Crippen LogP contribution is -2.37. The minimum absolute atomic E-state index is 0.116. The zero-order valence-corrected chi connectivity index (χ0v) is 14.0. The highest BCUT2D eigenvalue weighted by Gasteiger charge is 2.29. The summed E-state index contributed by atoms with van der Waals surface area (Å²) in [5.74, 6) is 0. The van der Waals surface area contributed by atoms with Gasteiger partial charge < -0.3 is 9.64 Å². The maximum absolute atomic E-state index is 5.91. The van der Waals surface area contributed by atoms with Crippen molar-refractivity contribution in [3.05, 3.63) is 83.6 Å². The Morgan fingerprint density at radius 1 is 0.957 bits per heavy atom. The number of methoxy groups -OCH3 is 1. The Kier molecular flexibility index (Phi) is 4.63. The van der Waals surface area contributed by atoms with Gasteiger partial charge in [0.15, 0.2) is 6.23 Å². The largest absolute Gasteiger partial charge is 0.357 e. The summed E-state index contributed by atoms with van der Waals surface area (Å²) in [4.78, 5) is 2.23. The fraction of sp³-hybridized carbons (Fsp3) is 0.238. The van der Waals surface area contributed by atoms with E-state index in [1.54, 1.807) is 7.11 Å². The van der Waals surface area contributed by atoms with Crippen molar-refractivity contribution in [2.24, 2.45) is 0 Å². The first-order valence-electron chi connectivity index (χ1n) is 8.09. The molecule has 23 heavy (non-hydrogen) atoms. The molecule has 0 aliphatic carbocycles. The van der Waals surface area contributed by atoms with Gasteiger partial charge in [-0.1, -0.05) is 55.5 Å². The molecule has 1 unspecified atom stereocenters. The topological polar surface area (TPSA) is 12.5 Å². The highest BCUT2D eigenvalue weighted by molar-refractivity contribution is 5.80. The van der Waals surface area contributed by atoms with Crippen LogP contribution in [0.5, 0.6) is 0 Å². The molecular formula is C21H23NO. The second-order valence-corrected chi connectivity index (χ2v) is 5.74. The number of hydrogen-bond donors (Lipinski definition) is 0. The third kappa shape index (κ3) is 2.95. The summed E-state index contributed by atoms with van der Waals surface area (Å²) in [6.45, 7) is 4.40. The zero-order chi connectivity index (χ0) is 16.2. The lowest BCUT2D eigenvalue weighted by atomic mass is 9.90. The Morgan fingerprint density at radius 2 is 1.57 bits per heavy atom. The fourth-order valence-corrected chi connectivity index (χ4v) is 3.20. The van der Waals surface area contributed by atoms with Crippen molar-refractivity contribution < 1.29 is 4.74 Å². The van der Waals surface area contributed by atoms with Gasteiger partial charge >= 0.3 is 0 Å². The van der Waals surface area contributed by atoms with Gasteiger partial charge in [0.1, 0.15) is 0 Å². The van der Waals surface area contributed by atoms with Crippen molar-refractivity contribution in [3.63, 3.8) is 0 Å². The Hall–Kier alpha value is -2.32. The van der Waals surface area contributed by atoms with Gasteiger partial charge in [-0.05, 0) is 42.2 Å². The minimum Gasteiger partial charge on any atom is -0.357 e. The molecule has 1 aliphatic rings. The van der Waals surface area contributed by atoms with E-state index < -0.39 is 0 Å². The summed E-state index contributed by atoms with van der Waals surface area (Å²) in [6, 6.07) is 21.0. The van der Waals surface area contributed by atoms with Crippen LogP contribution in [0.4, 0.5) is 5.69 Å². The predicted molar refractivity (Wildman–Crippen MR) is 97.1 cm³/mol. The highest BCUT2D eigenvalue weighted by atomic mass is 16.5. The van der Waals surface area contributed by atoms with Gasteiger partial charge in [0, 0.05) is 24.6 Å². The van der Waals surface area contributed by atoms with Crippen molar-refractivity contribution in [2.45, 2.75) is 26.5 Å². The monoisotopic (exact) mass is 305 g/mol. The molecule has 2 heteroatoms. The molecule has 2 nitrogen and oxygen atoms in total. The average molecular weight is 305 g/mol.